The van der Waals surface area contributed by atoms with Gasteiger partial charge in [-0.3, -0.25) is 0 Å². The predicted octanol–water partition coefficient (Wildman–Crippen LogP) is 2.73. The SMILES string of the molecule is CSC(C)CCNS(=O)(=O)c1cc(C)c(CNC2CC2)s1. The fourth-order valence-corrected chi connectivity index (χ4v) is 4.89. The molecule has 120 valence electrons. The first-order chi connectivity index (χ1) is 9.92. The van der Waals surface area contributed by atoms with E-state index in [1.165, 1.54) is 24.2 Å². The summed E-state index contributed by atoms with van der Waals surface area (Å²) >= 11 is 3.14. The Morgan fingerprint density at radius 2 is 2.19 bits per heavy atom. The predicted molar refractivity (Wildman–Crippen MR) is 91.7 cm³/mol. The minimum Gasteiger partial charge on any atom is -0.309 e. The van der Waals surface area contributed by atoms with E-state index >= 15 is 0 Å². The van der Waals surface area contributed by atoms with Gasteiger partial charge >= 0.3 is 0 Å². The van der Waals surface area contributed by atoms with E-state index in [-0.39, 0.29) is 0 Å². The van der Waals surface area contributed by atoms with Crippen molar-refractivity contribution >= 4 is 33.1 Å². The van der Waals surface area contributed by atoms with Gasteiger partial charge in [-0.1, -0.05) is 6.92 Å². The zero-order valence-corrected chi connectivity index (χ0v) is 15.3. The summed E-state index contributed by atoms with van der Waals surface area (Å²) in [6, 6.07) is 2.42. The van der Waals surface area contributed by atoms with Gasteiger partial charge in [0, 0.05) is 29.3 Å². The Balaban J connectivity index is 1.93. The molecule has 1 atom stereocenters. The molecule has 0 saturated heterocycles. The van der Waals surface area contributed by atoms with Crippen LogP contribution in [0.1, 0.15) is 36.6 Å². The van der Waals surface area contributed by atoms with Gasteiger partial charge in [0.2, 0.25) is 10.0 Å². The van der Waals surface area contributed by atoms with Crippen LogP contribution in [0.25, 0.3) is 0 Å². The molecule has 2 rings (SSSR count). The van der Waals surface area contributed by atoms with E-state index in [2.05, 4.69) is 17.0 Å². The third-order valence-corrected chi connectivity index (χ3v) is 7.85. The summed E-state index contributed by atoms with van der Waals surface area (Å²) in [7, 11) is -3.36. The molecule has 0 aromatic carbocycles. The Morgan fingerprint density at radius 1 is 1.48 bits per heavy atom. The highest BCUT2D eigenvalue weighted by Crippen LogP contribution is 2.27. The molecule has 0 spiro atoms. The van der Waals surface area contributed by atoms with E-state index in [1.54, 1.807) is 17.8 Å². The van der Waals surface area contributed by atoms with Crippen LogP contribution in [0.2, 0.25) is 0 Å². The zero-order chi connectivity index (χ0) is 15.5. The summed E-state index contributed by atoms with van der Waals surface area (Å²) in [5, 5.41) is 3.91. The molecule has 1 fully saturated rings. The number of sulfonamides is 1. The molecule has 1 heterocycles. The second kappa shape index (κ2) is 7.46. The van der Waals surface area contributed by atoms with Gasteiger partial charge in [0.25, 0.3) is 0 Å². The van der Waals surface area contributed by atoms with Gasteiger partial charge in [0.1, 0.15) is 4.21 Å². The lowest BCUT2D eigenvalue weighted by atomic mass is 10.3. The Kier molecular flexibility index (Phi) is 6.14. The largest absolute Gasteiger partial charge is 0.309 e. The molecule has 0 amide bonds. The van der Waals surface area contributed by atoms with Crippen LogP contribution < -0.4 is 10.0 Å². The van der Waals surface area contributed by atoms with Crippen LogP contribution in [-0.2, 0) is 16.6 Å². The monoisotopic (exact) mass is 348 g/mol. The first-order valence-electron chi connectivity index (χ1n) is 7.27. The van der Waals surface area contributed by atoms with Crippen molar-refractivity contribution in [2.24, 2.45) is 0 Å². The van der Waals surface area contributed by atoms with Crippen molar-refractivity contribution in [1.29, 1.82) is 0 Å². The van der Waals surface area contributed by atoms with Gasteiger partial charge in [-0.2, -0.15) is 11.8 Å². The molecule has 4 nitrogen and oxygen atoms in total. The minimum absolute atomic E-state index is 0.435. The third-order valence-electron chi connectivity index (χ3n) is 3.64. The zero-order valence-electron chi connectivity index (χ0n) is 12.8. The van der Waals surface area contributed by atoms with Crippen molar-refractivity contribution in [3.05, 3.63) is 16.5 Å². The lowest BCUT2D eigenvalue weighted by molar-refractivity contribution is 0.581. The molecular formula is C14H24N2O2S3. The van der Waals surface area contributed by atoms with E-state index < -0.39 is 10.0 Å². The van der Waals surface area contributed by atoms with Crippen molar-refractivity contribution in [2.45, 2.75) is 55.2 Å². The standard InChI is InChI=1S/C14H24N2O2S3/c1-10-8-14(20-13(10)9-15-12-4-5-12)21(17,18)16-7-6-11(2)19-3/h8,11-12,15-16H,4-7,9H2,1-3H3. The van der Waals surface area contributed by atoms with E-state index in [0.29, 0.717) is 22.0 Å². The molecule has 1 aromatic rings. The highest BCUT2D eigenvalue weighted by molar-refractivity contribution is 7.99. The maximum absolute atomic E-state index is 12.3. The van der Waals surface area contributed by atoms with E-state index in [4.69, 9.17) is 0 Å². The van der Waals surface area contributed by atoms with Crippen LogP contribution in [-0.4, -0.2) is 32.5 Å². The van der Waals surface area contributed by atoms with E-state index in [0.717, 1.165) is 23.4 Å². The Hall–Kier alpha value is -0.0800. The van der Waals surface area contributed by atoms with Gasteiger partial charge in [-0.25, -0.2) is 13.1 Å². The van der Waals surface area contributed by atoms with Crippen molar-refractivity contribution in [3.63, 3.8) is 0 Å². The molecule has 0 bridgehead atoms. The summed E-state index contributed by atoms with van der Waals surface area (Å²) in [4.78, 5) is 1.12. The molecule has 1 aliphatic rings. The molecule has 1 unspecified atom stereocenters. The first-order valence-corrected chi connectivity index (χ1v) is 10.9. The number of thioether (sulfide) groups is 1. The molecule has 1 aromatic heterocycles. The summed E-state index contributed by atoms with van der Waals surface area (Å²) < 4.78 is 27.7. The Labute approximate surface area is 136 Å². The molecular weight excluding hydrogens is 324 g/mol. The lowest BCUT2D eigenvalue weighted by Crippen LogP contribution is -2.25. The van der Waals surface area contributed by atoms with Crippen LogP contribution >= 0.6 is 23.1 Å². The Morgan fingerprint density at radius 3 is 2.81 bits per heavy atom. The van der Waals surface area contributed by atoms with Gasteiger partial charge in [-0.05, 0) is 44.1 Å². The second-order valence-electron chi connectivity index (χ2n) is 5.56. The highest BCUT2D eigenvalue weighted by atomic mass is 32.2. The minimum atomic E-state index is -3.36. The van der Waals surface area contributed by atoms with Gasteiger partial charge in [-0.15, -0.1) is 11.3 Å². The fourth-order valence-electron chi connectivity index (χ4n) is 1.91. The van der Waals surface area contributed by atoms with Crippen LogP contribution in [0, 0.1) is 6.92 Å². The maximum atomic E-state index is 12.3. The maximum Gasteiger partial charge on any atom is 0.250 e. The number of hydrogen-bond acceptors (Lipinski definition) is 5. The quantitative estimate of drug-likeness (QED) is 0.720. The summed E-state index contributed by atoms with van der Waals surface area (Å²) in [5.74, 6) is 0. The molecule has 7 heteroatoms. The third kappa shape index (κ3) is 5.25. The van der Waals surface area contributed by atoms with Crippen molar-refractivity contribution in [2.75, 3.05) is 12.8 Å². The van der Waals surface area contributed by atoms with Gasteiger partial charge in [0.05, 0.1) is 0 Å². The number of aryl methyl sites for hydroxylation is 1. The highest BCUT2D eigenvalue weighted by Gasteiger charge is 2.22. The normalized spacial score (nSPS) is 17.1. The molecule has 0 aliphatic heterocycles. The van der Waals surface area contributed by atoms with Gasteiger partial charge < -0.3 is 5.32 Å². The van der Waals surface area contributed by atoms with Crippen molar-refractivity contribution in [3.8, 4) is 0 Å². The number of nitrogens with one attached hydrogen (secondary N) is 2. The number of hydrogen-bond donors (Lipinski definition) is 2. The van der Waals surface area contributed by atoms with E-state index in [1.807, 2.05) is 13.2 Å². The van der Waals surface area contributed by atoms with Crippen LogP contribution in [0.3, 0.4) is 0 Å². The fraction of sp³-hybridized carbons (Fsp3) is 0.714. The van der Waals surface area contributed by atoms with Crippen LogP contribution in [0.5, 0.6) is 0 Å². The topological polar surface area (TPSA) is 58.2 Å². The van der Waals surface area contributed by atoms with Crippen molar-refractivity contribution in [1.82, 2.24) is 10.0 Å². The second-order valence-corrected chi connectivity index (χ2v) is 9.97. The summed E-state index contributed by atoms with van der Waals surface area (Å²) in [6.45, 7) is 5.36. The van der Waals surface area contributed by atoms with Crippen LogP contribution in [0.4, 0.5) is 0 Å². The van der Waals surface area contributed by atoms with E-state index in [9.17, 15) is 8.42 Å². The Bertz CT molecular complexity index is 565. The summed E-state index contributed by atoms with van der Waals surface area (Å²) in [6.07, 6.45) is 5.37. The molecule has 21 heavy (non-hydrogen) atoms. The first kappa shape index (κ1) is 17.3. The van der Waals surface area contributed by atoms with Crippen LogP contribution in [0.15, 0.2) is 10.3 Å². The average Bonchev–Trinajstić information content (AvgIpc) is 3.18. The smallest absolute Gasteiger partial charge is 0.250 e. The lowest BCUT2D eigenvalue weighted by Gasteiger charge is -2.08. The molecule has 2 N–H and O–H groups in total. The van der Waals surface area contributed by atoms with Crippen molar-refractivity contribution < 1.29 is 8.42 Å². The number of rotatable bonds is 9. The average molecular weight is 349 g/mol. The molecule has 0 radical (unpaired) electrons. The summed E-state index contributed by atoms with van der Waals surface area (Å²) in [5.41, 5.74) is 1.06. The molecule has 1 aliphatic carbocycles. The molecule has 1 saturated carbocycles. The van der Waals surface area contributed by atoms with Gasteiger partial charge in [0.15, 0.2) is 0 Å². The number of thiophene rings is 1.